The zero-order chi connectivity index (χ0) is 12.8. The van der Waals surface area contributed by atoms with Gasteiger partial charge >= 0.3 is 0 Å². The molecule has 0 atom stereocenters. The van der Waals surface area contributed by atoms with Gasteiger partial charge in [-0.3, -0.25) is 9.59 Å². The Morgan fingerprint density at radius 1 is 1.12 bits per heavy atom. The largest absolute Gasteiger partial charge is 0.335 e. The van der Waals surface area contributed by atoms with E-state index in [0.717, 1.165) is 5.69 Å². The molecule has 0 aromatic heterocycles. The van der Waals surface area contributed by atoms with Gasteiger partial charge in [-0.1, -0.05) is 18.2 Å². The van der Waals surface area contributed by atoms with Gasteiger partial charge in [0.15, 0.2) is 0 Å². The predicted molar refractivity (Wildman–Crippen MR) is 68.2 cm³/mol. The summed E-state index contributed by atoms with van der Waals surface area (Å²) >= 11 is 5.41. The quantitative estimate of drug-likeness (QED) is 0.761. The van der Waals surface area contributed by atoms with E-state index in [0.29, 0.717) is 0 Å². The van der Waals surface area contributed by atoms with Crippen LogP contribution in [0.3, 0.4) is 0 Å². The van der Waals surface area contributed by atoms with Gasteiger partial charge in [-0.05, 0) is 12.1 Å². The molecule has 0 unspecified atom stereocenters. The number of hydrogen-bond acceptors (Lipinski definition) is 2. The molecule has 2 amide bonds. The molecule has 17 heavy (non-hydrogen) atoms. The summed E-state index contributed by atoms with van der Waals surface area (Å²) in [6.45, 7) is 0.0247. The lowest BCUT2D eigenvalue weighted by atomic mass is 10.3. The molecule has 5 heteroatoms. The molecule has 4 nitrogen and oxygen atoms in total. The highest BCUT2D eigenvalue weighted by molar-refractivity contribution is 6.27. The number of nitrogens with zero attached hydrogens (tertiary/aromatic N) is 2. The number of benzene rings is 1. The summed E-state index contributed by atoms with van der Waals surface area (Å²) in [6.07, 6.45) is 0. The number of alkyl halides is 1. The smallest absolute Gasteiger partial charge is 0.246 e. The lowest BCUT2D eigenvalue weighted by Gasteiger charge is -2.21. The second-order valence-electron chi connectivity index (χ2n) is 3.67. The van der Waals surface area contributed by atoms with Gasteiger partial charge in [-0.25, -0.2) is 0 Å². The van der Waals surface area contributed by atoms with E-state index in [1.165, 1.54) is 9.80 Å². The van der Waals surface area contributed by atoms with Crippen LogP contribution in [0.25, 0.3) is 0 Å². The Morgan fingerprint density at radius 2 is 1.71 bits per heavy atom. The molecule has 1 aromatic rings. The number of likely N-dealkylation sites (N-methyl/N-ethyl adjacent to an activating group) is 2. The second kappa shape index (κ2) is 6.25. The van der Waals surface area contributed by atoms with Gasteiger partial charge in [0.25, 0.3) is 0 Å². The van der Waals surface area contributed by atoms with E-state index in [9.17, 15) is 9.59 Å². The van der Waals surface area contributed by atoms with Gasteiger partial charge < -0.3 is 9.80 Å². The van der Waals surface area contributed by atoms with Crippen molar-refractivity contribution in [1.29, 1.82) is 0 Å². The third-order valence-corrected chi connectivity index (χ3v) is 2.66. The Labute approximate surface area is 106 Å². The minimum Gasteiger partial charge on any atom is -0.335 e. The molecule has 0 saturated heterocycles. The first-order valence-corrected chi connectivity index (χ1v) is 5.71. The molecule has 1 rings (SSSR count). The Morgan fingerprint density at radius 3 is 2.24 bits per heavy atom. The minimum atomic E-state index is -0.263. The van der Waals surface area contributed by atoms with Crippen LogP contribution in [0.2, 0.25) is 0 Å². The molecule has 0 aliphatic rings. The highest BCUT2D eigenvalue weighted by Gasteiger charge is 2.15. The van der Waals surface area contributed by atoms with Crippen LogP contribution in [0.1, 0.15) is 0 Å². The van der Waals surface area contributed by atoms with Gasteiger partial charge in [0, 0.05) is 19.8 Å². The number of hydrogen-bond donors (Lipinski definition) is 0. The zero-order valence-electron chi connectivity index (χ0n) is 9.89. The summed E-state index contributed by atoms with van der Waals surface area (Å²) in [5, 5.41) is 0. The summed E-state index contributed by atoms with van der Waals surface area (Å²) in [4.78, 5) is 25.9. The molecular formula is C12H15ClN2O2. The number of amides is 2. The van der Waals surface area contributed by atoms with Crippen LogP contribution in [-0.2, 0) is 9.59 Å². The van der Waals surface area contributed by atoms with E-state index in [1.807, 2.05) is 30.3 Å². The number of anilines is 1. The second-order valence-corrected chi connectivity index (χ2v) is 3.94. The van der Waals surface area contributed by atoms with Crippen LogP contribution in [0.4, 0.5) is 5.69 Å². The fourth-order valence-corrected chi connectivity index (χ4v) is 1.50. The van der Waals surface area contributed by atoms with Crippen LogP contribution in [-0.4, -0.2) is 43.2 Å². The Bertz CT molecular complexity index is 395. The SMILES string of the molecule is CN(CC(=O)N(C)c1ccccc1)C(=O)CCl. The summed E-state index contributed by atoms with van der Waals surface area (Å²) in [5.41, 5.74) is 0.796. The highest BCUT2D eigenvalue weighted by atomic mass is 35.5. The summed E-state index contributed by atoms with van der Waals surface area (Å²) in [7, 11) is 3.23. The van der Waals surface area contributed by atoms with Crippen molar-refractivity contribution < 1.29 is 9.59 Å². The third-order valence-electron chi connectivity index (χ3n) is 2.43. The first kappa shape index (κ1) is 13.5. The van der Waals surface area contributed by atoms with Crippen molar-refractivity contribution in [3.05, 3.63) is 30.3 Å². The topological polar surface area (TPSA) is 40.6 Å². The zero-order valence-corrected chi connectivity index (χ0v) is 10.6. The fraction of sp³-hybridized carbons (Fsp3) is 0.333. The molecule has 92 valence electrons. The maximum absolute atomic E-state index is 11.9. The number of carbonyl (C=O) groups excluding carboxylic acids is 2. The van der Waals surface area contributed by atoms with Crippen LogP contribution in [0.5, 0.6) is 0 Å². The predicted octanol–water partition coefficient (Wildman–Crippen LogP) is 1.35. The fourth-order valence-electron chi connectivity index (χ4n) is 1.29. The molecule has 0 saturated carbocycles. The van der Waals surface area contributed by atoms with Gasteiger partial charge in [-0.15, -0.1) is 11.6 Å². The van der Waals surface area contributed by atoms with Crippen LogP contribution < -0.4 is 4.90 Å². The normalized spacial score (nSPS) is 9.82. The third kappa shape index (κ3) is 3.75. The van der Waals surface area contributed by atoms with Gasteiger partial charge in [0.05, 0.1) is 6.54 Å². The molecule has 0 N–H and O–H groups in total. The van der Waals surface area contributed by atoms with Crippen molar-refractivity contribution >= 4 is 29.1 Å². The molecule has 0 aliphatic heterocycles. The van der Waals surface area contributed by atoms with Crippen LogP contribution >= 0.6 is 11.6 Å². The lowest BCUT2D eigenvalue weighted by Crippen LogP contribution is -2.39. The van der Waals surface area contributed by atoms with E-state index < -0.39 is 0 Å². The van der Waals surface area contributed by atoms with Crippen molar-refractivity contribution in [2.24, 2.45) is 0 Å². The first-order valence-electron chi connectivity index (χ1n) is 5.17. The number of rotatable bonds is 4. The minimum absolute atomic E-state index is 0.0247. The van der Waals surface area contributed by atoms with Gasteiger partial charge in [-0.2, -0.15) is 0 Å². The maximum Gasteiger partial charge on any atom is 0.246 e. The van der Waals surface area contributed by atoms with Crippen LogP contribution in [0.15, 0.2) is 30.3 Å². The molecule has 0 heterocycles. The molecule has 1 aromatic carbocycles. The lowest BCUT2D eigenvalue weighted by molar-refractivity contribution is -0.131. The Balaban J connectivity index is 2.62. The van der Waals surface area contributed by atoms with E-state index in [-0.39, 0.29) is 24.2 Å². The van der Waals surface area contributed by atoms with Crippen molar-refractivity contribution in [3.63, 3.8) is 0 Å². The van der Waals surface area contributed by atoms with Crippen molar-refractivity contribution in [3.8, 4) is 0 Å². The summed E-state index contributed by atoms with van der Waals surface area (Å²) < 4.78 is 0. The average molecular weight is 255 g/mol. The highest BCUT2D eigenvalue weighted by Crippen LogP contribution is 2.11. The number of carbonyl (C=O) groups is 2. The Kier molecular flexibility index (Phi) is 4.97. The van der Waals surface area contributed by atoms with Crippen LogP contribution in [0, 0.1) is 0 Å². The molecular weight excluding hydrogens is 240 g/mol. The van der Waals surface area contributed by atoms with E-state index in [4.69, 9.17) is 11.6 Å². The number of halogens is 1. The first-order chi connectivity index (χ1) is 8.06. The summed E-state index contributed by atoms with van der Waals surface area (Å²) in [6, 6.07) is 9.26. The van der Waals surface area contributed by atoms with Crippen molar-refractivity contribution in [2.45, 2.75) is 0 Å². The molecule has 0 spiro atoms. The van der Waals surface area contributed by atoms with Gasteiger partial charge in [0.2, 0.25) is 11.8 Å². The molecule has 0 radical (unpaired) electrons. The monoisotopic (exact) mass is 254 g/mol. The standard InChI is InChI=1S/C12H15ClN2O2/c1-14(11(16)8-13)9-12(17)15(2)10-6-4-3-5-7-10/h3-7H,8-9H2,1-2H3. The van der Waals surface area contributed by atoms with Crippen molar-refractivity contribution in [2.75, 3.05) is 31.4 Å². The van der Waals surface area contributed by atoms with E-state index >= 15 is 0 Å². The number of para-hydroxylation sites is 1. The Hall–Kier alpha value is -1.55. The molecule has 0 aliphatic carbocycles. The average Bonchev–Trinajstić information content (AvgIpc) is 2.37. The maximum atomic E-state index is 11.9. The summed E-state index contributed by atoms with van der Waals surface area (Å²) in [5.74, 6) is -0.530. The molecule has 0 bridgehead atoms. The van der Waals surface area contributed by atoms with E-state index in [1.54, 1.807) is 14.1 Å². The molecule has 0 fully saturated rings. The van der Waals surface area contributed by atoms with Gasteiger partial charge in [0.1, 0.15) is 5.88 Å². The van der Waals surface area contributed by atoms with Crippen molar-refractivity contribution in [1.82, 2.24) is 4.90 Å². The van der Waals surface area contributed by atoms with E-state index in [2.05, 4.69) is 0 Å².